The monoisotopic (exact) mass is 351 g/mol. The number of amides is 1. The maximum absolute atomic E-state index is 12.8. The molecule has 0 radical (unpaired) electrons. The Morgan fingerprint density at radius 1 is 1.16 bits per heavy atom. The zero-order valence-electron chi connectivity index (χ0n) is 14.0. The lowest BCUT2D eigenvalue weighted by Gasteiger charge is -2.27. The highest BCUT2D eigenvalue weighted by Gasteiger charge is 2.25. The summed E-state index contributed by atoms with van der Waals surface area (Å²) in [7, 11) is 0. The molecule has 0 spiro atoms. The van der Waals surface area contributed by atoms with Gasteiger partial charge in [-0.05, 0) is 49.5 Å². The Kier molecular flexibility index (Phi) is 4.76. The first-order chi connectivity index (χ1) is 12.3. The third-order valence-electron chi connectivity index (χ3n) is 4.79. The van der Waals surface area contributed by atoms with Gasteiger partial charge in [-0.25, -0.2) is 0 Å². The van der Waals surface area contributed by atoms with Gasteiger partial charge in [0.15, 0.2) is 0 Å². The van der Waals surface area contributed by atoms with Gasteiger partial charge >= 0.3 is 0 Å². The maximum atomic E-state index is 12.8. The molecule has 0 saturated carbocycles. The highest BCUT2D eigenvalue weighted by molar-refractivity contribution is 7.10. The number of pyridine rings is 1. The second-order valence-corrected chi connectivity index (χ2v) is 7.34. The van der Waals surface area contributed by atoms with Crippen LogP contribution in [0.3, 0.4) is 0 Å². The largest absolute Gasteiger partial charge is 0.350 e. The summed E-state index contributed by atoms with van der Waals surface area (Å²) in [5.74, 6) is -0.0509. The van der Waals surface area contributed by atoms with Crippen molar-refractivity contribution in [3.05, 3.63) is 64.5 Å². The molecule has 1 unspecified atom stereocenters. The lowest BCUT2D eigenvalue weighted by Crippen LogP contribution is -2.36. The summed E-state index contributed by atoms with van der Waals surface area (Å²) in [4.78, 5) is 21.0. The van der Waals surface area contributed by atoms with E-state index in [0.717, 1.165) is 24.0 Å². The van der Waals surface area contributed by atoms with Crippen LogP contribution in [0.25, 0.3) is 10.9 Å². The lowest BCUT2D eigenvalue weighted by atomic mass is 10.1. The number of hydrogen-bond acceptors (Lipinski definition) is 4. The van der Waals surface area contributed by atoms with E-state index in [-0.39, 0.29) is 11.9 Å². The molecule has 1 aliphatic heterocycles. The number of thiophene rings is 1. The fraction of sp³-hybridized carbons (Fsp3) is 0.300. The van der Waals surface area contributed by atoms with Gasteiger partial charge in [-0.15, -0.1) is 11.3 Å². The quantitative estimate of drug-likeness (QED) is 0.759. The van der Waals surface area contributed by atoms with Crippen molar-refractivity contribution in [2.45, 2.75) is 18.9 Å². The Bertz CT molecular complexity index is 851. The highest BCUT2D eigenvalue weighted by Crippen LogP contribution is 2.28. The zero-order valence-corrected chi connectivity index (χ0v) is 14.8. The zero-order chi connectivity index (χ0) is 17.1. The van der Waals surface area contributed by atoms with Crippen LogP contribution in [-0.4, -0.2) is 35.4 Å². The fourth-order valence-corrected chi connectivity index (χ4v) is 4.38. The summed E-state index contributed by atoms with van der Waals surface area (Å²) in [6.07, 6.45) is 4.21. The Balaban J connectivity index is 1.53. The number of nitrogens with one attached hydrogen (secondary N) is 1. The van der Waals surface area contributed by atoms with E-state index in [4.69, 9.17) is 0 Å². The number of hydrogen-bond donors (Lipinski definition) is 1. The molecule has 0 bridgehead atoms. The van der Waals surface area contributed by atoms with Gasteiger partial charge in [-0.3, -0.25) is 14.7 Å². The van der Waals surface area contributed by atoms with Crippen molar-refractivity contribution in [1.29, 1.82) is 0 Å². The lowest BCUT2D eigenvalue weighted by molar-refractivity contribution is 0.0940. The van der Waals surface area contributed by atoms with E-state index in [1.807, 2.05) is 30.3 Å². The van der Waals surface area contributed by atoms with Crippen LogP contribution in [0.5, 0.6) is 0 Å². The molecule has 2 aromatic heterocycles. The van der Waals surface area contributed by atoms with Crippen LogP contribution in [0.1, 0.15) is 34.1 Å². The predicted octanol–water partition coefficient (Wildman–Crippen LogP) is 3.86. The van der Waals surface area contributed by atoms with E-state index in [1.54, 1.807) is 17.5 Å². The predicted molar refractivity (Wildman–Crippen MR) is 102 cm³/mol. The van der Waals surface area contributed by atoms with E-state index >= 15 is 0 Å². The number of rotatable bonds is 5. The van der Waals surface area contributed by atoms with E-state index in [1.165, 1.54) is 17.7 Å². The molecule has 1 fully saturated rings. The number of nitrogens with zero attached hydrogens (tertiary/aromatic N) is 2. The molecule has 1 N–H and O–H groups in total. The van der Waals surface area contributed by atoms with Crippen LogP contribution in [-0.2, 0) is 0 Å². The van der Waals surface area contributed by atoms with Gasteiger partial charge in [-0.1, -0.05) is 24.3 Å². The number of para-hydroxylation sites is 1. The Labute approximate surface area is 151 Å². The molecular weight excluding hydrogens is 330 g/mol. The normalized spacial score (nSPS) is 16.2. The highest BCUT2D eigenvalue weighted by atomic mass is 32.1. The third kappa shape index (κ3) is 3.43. The molecule has 1 saturated heterocycles. The first kappa shape index (κ1) is 16.2. The SMILES string of the molecule is O=C(NCC(c1cccs1)N1CCCC1)c1cccc2cccnc12. The van der Waals surface area contributed by atoms with Crippen molar-refractivity contribution < 1.29 is 4.79 Å². The standard InChI is InChI=1S/C20H21N3OS/c24-20(16-8-3-6-15-7-4-10-21-19(15)16)22-14-17(18-9-5-13-25-18)23-11-1-2-12-23/h3-10,13,17H,1-2,11-12,14H2,(H,22,24). The van der Waals surface area contributed by atoms with E-state index < -0.39 is 0 Å². The van der Waals surface area contributed by atoms with Crippen molar-refractivity contribution in [3.63, 3.8) is 0 Å². The van der Waals surface area contributed by atoms with Gasteiger partial charge in [0.2, 0.25) is 0 Å². The van der Waals surface area contributed by atoms with E-state index in [9.17, 15) is 4.79 Å². The minimum Gasteiger partial charge on any atom is -0.350 e. The summed E-state index contributed by atoms with van der Waals surface area (Å²) in [6.45, 7) is 2.84. The van der Waals surface area contributed by atoms with Crippen molar-refractivity contribution in [3.8, 4) is 0 Å². The average Bonchev–Trinajstić information content (AvgIpc) is 3.36. The van der Waals surface area contributed by atoms with E-state index in [2.05, 4.69) is 32.7 Å². The molecule has 3 heterocycles. The number of carbonyl (C=O) groups excluding carboxylic acids is 1. The molecular formula is C20H21N3OS. The van der Waals surface area contributed by atoms with Crippen LogP contribution in [0, 0.1) is 0 Å². The minimum absolute atomic E-state index is 0.0509. The number of likely N-dealkylation sites (tertiary alicyclic amines) is 1. The average molecular weight is 351 g/mol. The van der Waals surface area contributed by atoms with Crippen LogP contribution in [0.15, 0.2) is 54.0 Å². The molecule has 128 valence electrons. The fourth-order valence-electron chi connectivity index (χ4n) is 3.52. The molecule has 5 heteroatoms. The van der Waals surface area contributed by atoms with Crippen molar-refractivity contribution in [1.82, 2.24) is 15.2 Å². The number of carbonyl (C=O) groups is 1. The molecule has 4 rings (SSSR count). The number of fused-ring (bicyclic) bond motifs is 1. The van der Waals surface area contributed by atoms with Gasteiger partial charge in [0.25, 0.3) is 5.91 Å². The second-order valence-electron chi connectivity index (χ2n) is 6.37. The van der Waals surface area contributed by atoms with Crippen LogP contribution >= 0.6 is 11.3 Å². The van der Waals surface area contributed by atoms with Crippen molar-refractivity contribution in [2.24, 2.45) is 0 Å². The number of benzene rings is 1. The summed E-state index contributed by atoms with van der Waals surface area (Å²) in [5.41, 5.74) is 1.40. The van der Waals surface area contributed by atoms with Gasteiger partial charge in [0.05, 0.1) is 17.1 Å². The summed E-state index contributed by atoms with van der Waals surface area (Å²) < 4.78 is 0. The molecule has 0 aliphatic carbocycles. The van der Waals surface area contributed by atoms with Gasteiger partial charge < -0.3 is 5.32 Å². The molecule has 3 aromatic rings. The van der Waals surface area contributed by atoms with Crippen LogP contribution in [0.2, 0.25) is 0 Å². The summed E-state index contributed by atoms with van der Waals surface area (Å²) >= 11 is 1.76. The molecule has 1 amide bonds. The van der Waals surface area contributed by atoms with Gasteiger partial charge in [-0.2, -0.15) is 0 Å². The van der Waals surface area contributed by atoms with Crippen molar-refractivity contribution >= 4 is 28.1 Å². The topological polar surface area (TPSA) is 45.2 Å². The Morgan fingerprint density at radius 3 is 2.80 bits per heavy atom. The molecule has 1 atom stereocenters. The Hall–Kier alpha value is -2.24. The summed E-state index contributed by atoms with van der Waals surface area (Å²) in [6, 6.07) is 14.1. The van der Waals surface area contributed by atoms with Crippen LogP contribution < -0.4 is 5.32 Å². The first-order valence-electron chi connectivity index (χ1n) is 8.72. The maximum Gasteiger partial charge on any atom is 0.253 e. The molecule has 25 heavy (non-hydrogen) atoms. The first-order valence-corrected chi connectivity index (χ1v) is 9.60. The molecule has 1 aromatic carbocycles. The van der Waals surface area contributed by atoms with Gasteiger partial charge in [0.1, 0.15) is 0 Å². The van der Waals surface area contributed by atoms with E-state index in [0.29, 0.717) is 12.1 Å². The molecule has 1 aliphatic rings. The third-order valence-corrected chi connectivity index (χ3v) is 5.76. The minimum atomic E-state index is -0.0509. The smallest absolute Gasteiger partial charge is 0.253 e. The number of aromatic nitrogens is 1. The van der Waals surface area contributed by atoms with Gasteiger partial charge in [0, 0.05) is 23.0 Å². The van der Waals surface area contributed by atoms with Crippen LogP contribution in [0.4, 0.5) is 0 Å². The Morgan fingerprint density at radius 2 is 2.00 bits per heavy atom. The summed E-state index contributed by atoms with van der Waals surface area (Å²) in [5, 5.41) is 6.24. The van der Waals surface area contributed by atoms with Crippen molar-refractivity contribution in [2.75, 3.05) is 19.6 Å². The second kappa shape index (κ2) is 7.33. The molecule has 4 nitrogen and oxygen atoms in total.